The third-order valence-corrected chi connectivity index (χ3v) is 10.3. The molecule has 0 spiro atoms. The van der Waals surface area contributed by atoms with E-state index in [1.54, 1.807) is 30.3 Å². The summed E-state index contributed by atoms with van der Waals surface area (Å²) in [5, 5.41) is 3.07. The molecule has 0 aliphatic rings. The number of amides is 2. The number of nitrogens with zero attached hydrogens (tertiary/aromatic N) is 2. The van der Waals surface area contributed by atoms with Crippen LogP contribution in [0.2, 0.25) is 0 Å². The van der Waals surface area contributed by atoms with E-state index in [1.165, 1.54) is 17.0 Å². The molecule has 0 saturated heterocycles. The van der Waals surface area contributed by atoms with E-state index in [0.29, 0.717) is 5.69 Å². The monoisotopic (exact) mass is 703 g/mol. The number of sulfonamides is 1. The number of carbonyl (C=O) groups is 2. The second-order valence-electron chi connectivity index (χ2n) is 11.7. The van der Waals surface area contributed by atoms with Gasteiger partial charge in [0.15, 0.2) is 0 Å². The Balaban J connectivity index is 1.81. The Morgan fingerprint density at radius 1 is 0.804 bits per heavy atom. The zero-order valence-corrected chi connectivity index (χ0v) is 29.2. The molecule has 2 atom stereocenters. The van der Waals surface area contributed by atoms with Crippen LogP contribution in [0.3, 0.4) is 0 Å². The standard InChI is InChI=1S/C37H42BrN3O4S/c1-5-28(4)39-37(43)35(24-29-13-8-6-9-14-29)40(25-30-15-12-16-32(38)23-30)36(42)26-41(33-21-19-31(20-22-33)27(2)3)46(44,45)34-17-10-7-11-18-34/h6-23,27-28,35H,5,24-26H2,1-4H3,(H,39,43)/t28-,35-/m1/s1. The Hall–Kier alpha value is -3.95. The highest BCUT2D eigenvalue weighted by Gasteiger charge is 2.35. The van der Waals surface area contributed by atoms with Crippen molar-refractivity contribution in [1.29, 1.82) is 0 Å². The van der Waals surface area contributed by atoms with Gasteiger partial charge in [0.05, 0.1) is 10.6 Å². The summed E-state index contributed by atoms with van der Waals surface area (Å²) in [6.45, 7) is 7.65. The molecular formula is C37H42BrN3O4S. The van der Waals surface area contributed by atoms with Gasteiger partial charge >= 0.3 is 0 Å². The van der Waals surface area contributed by atoms with Gasteiger partial charge in [0.1, 0.15) is 12.6 Å². The maximum absolute atomic E-state index is 14.6. The Morgan fingerprint density at radius 2 is 1.41 bits per heavy atom. The first-order valence-corrected chi connectivity index (χ1v) is 17.8. The number of hydrogen-bond donors (Lipinski definition) is 1. The van der Waals surface area contributed by atoms with Crippen LogP contribution in [0.4, 0.5) is 5.69 Å². The van der Waals surface area contributed by atoms with Crippen molar-refractivity contribution in [3.63, 3.8) is 0 Å². The molecule has 0 aromatic heterocycles. The van der Waals surface area contributed by atoms with Crippen LogP contribution in [0, 0.1) is 0 Å². The third kappa shape index (κ3) is 9.07. The summed E-state index contributed by atoms with van der Waals surface area (Å²) in [7, 11) is -4.15. The van der Waals surface area contributed by atoms with Crippen molar-refractivity contribution in [1.82, 2.24) is 10.2 Å². The maximum atomic E-state index is 14.6. The Bertz CT molecular complexity index is 1700. The van der Waals surface area contributed by atoms with Crippen molar-refractivity contribution < 1.29 is 18.0 Å². The van der Waals surface area contributed by atoms with Gasteiger partial charge in [-0.25, -0.2) is 8.42 Å². The smallest absolute Gasteiger partial charge is 0.264 e. The SMILES string of the molecule is CC[C@@H](C)NC(=O)[C@@H](Cc1ccccc1)N(Cc1cccc(Br)c1)C(=O)CN(c1ccc(C(C)C)cc1)S(=O)(=O)c1ccccc1. The Kier molecular flexibility index (Phi) is 12.2. The van der Waals surface area contributed by atoms with Gasteiger partial charge < -0.3 is 10.2 Å². The molecule has 2 amide bonds. The second kappa shape index (κ2) is 16.1. The second-order valence-corrected chi connectivity index (χ2v) is 14.5. The highest BCUT2D eigenvalue weighted by Crippen LogP contribution is 2.27. The van der Waals surface area contributed by atoms with Gasteiger partial charge in [-0.3, -0.25) is 13.9 Å². The average molecular weight is 705 g/mol. The summed E-state index contributed by atoms with van der Waals surface area (Å²) in [6, 6.07) is 31.4. The molecule has 9 heteroatoms. The number of halogens is 1. The summed E-state index contributed by atoms with van der Waals surface area (Å²) in [6.07, 6.45) is 0.982. The molecule has 0 heterocycles. The van der Waals surface area contributed by atoms with E-state index < -0.39 is 28.5 Å². The Labute approximate surface area is 281 Å². The molecule has 242 valence electrons. The van der Waals surface area contributed by atoms with Crippen molar-refractivity contribution >= 4 is 43.5 Å². The molecule has 4 rings (SSSR count). The topological polar surface area (TPSA) is 86.8 Å². The van der Waals surface area contributed by atoms with Crippen molar-refractivity contribution in [2.45, 2.75) is 70.0 Å². The molecule has 46 heavy (non-hydrogen) atoms. The zero-order valence-electron chi connectivity index (χ0n) is 26.8. The van der Waals surface area contributed by atoms with Crippen LogP contribution in [0.15, 0.2) is 119 Å². The molecule has 7 nitrogen and oxygen atoms in total. The lowest BCUT2D eigenvalue weighted by atomic mass is 10.0. The number of anilines is 1. The molecule has 0 aliphatic heterocycles. The lowest BCUT2D eigenvalue weighted by Crippen LogP contribution is -2.54. The van der Waals surface area contributed by atoms with E-state index in [1.807, 2.05) is 80.6 Å². The van der Waals surface area contributed by atoms with Crippen molar-refractivity contribution in [2.75, 3.05) is 10.8 Å². The van der Waals surface area contributed by atoms with E-state index in [-0.39, 0.29) is 35.7 Å². The lowest BCUT2D eigenvalue weighted by molar-refractivity contribution is -0.140. The fourth-order valence-electron chi connectivity index (χ4n) is 5.10. The van der Waals surface area contributed by atoms with E-state index >= 15 is 0 Å². The first-order chi connectivity index (χ1) is 22.0. The number of hydrogen-bond acceptors (Lipinski definition) is 4. The van der Waals surface area contributed by atoms with Crippen molar-refractivity contribution in [3.05, 3.63) is 130 Å². The van der Waals surface area contributed by atoms with E-state index in [2.05, 4.69) is 35.1 Å². The minimum atomic E-state index is -4.15. The van der Waals surface area contributed by atoms with Crippen LogP contribution < -0.4 is 9.62 Å². The van der Waals surface area contributed by atoms with Crippen molar-refractivity contribution in [3.8, 4) is 0 Å². The first kappa shape index (κ1) is 34.9. The predicted octanol–water partition coefficient (Wildman–Crippen LogP) is 7.32. The molecule has 0 radical (unpaired) electrons. The largest absolute Gasteiger partial charge is 0.352 e. The van der Waals surface area contributed by atoms with Crippen LogP contribution >= 0.6 is 15.9 Å². The summed E-state index contributed by atoms with van der Waals surface area (Å²) in [5.74, 6) is -0.536. The summed E-state index contributed by atoms with van der Waals surface area (Å²) < 4.78 is 30.3. The average Bonchev–Trinajstić information content (AvgIpc) is 3.05. The molecular weight excluding hydrogens is 662 g/mol. The number of nitrogens with one attached hydrogen (secondary N) is 1. The van der Waals surface area contributed by atoms with Crippen LogP contribution in [0.1, 0.15) is 56.7 Å². The minimum absolute atomic E-state index is 0.0737. The molecule has 0 bridgehead atoms. The zero-order chi connectivity index (χ0) is 33.3. The lowest BCUT2D eigenvalue weighted by Gasteiger charge is -2.34. The quantitative estimate of drug-likeness (QED) is 0.149. The van der Waals surface area contributed by atoms with Gasteiger partial charge in [0.25, 0.3) is 10.0 Å². The molecule has 0 saturated carbocycles. The van der Waals surface area contributed by atoms with Gasteiger partial charge in [-0.15, -0.1) is 0 Å². The number of rotatable bonds is 14. The van der Waals surface area contributed by atoms with Crippen LogP contribution in [-0.2, 0) is 32.6 Å². The fourth-order valence-corrected chi connectivity index (χ4v) is 6.98. The van der Waals surface area contributed by atoms with E-state index in [0.717, 1.165) is 31.9 Å². The van der Waals surface area contributed by atoms with Gasteiger partial charge in [-0.2, -0.15) is 0 Å². The number of benzene rings is 4. The predicted molar refractivity (Wildman–Crippen MR) is 188 cm³/mol. The first-order valence-electron chi connectivity index (χ1n) is 15.6. The minimum Gasteiger partial charge on any atom is -0.352 e. The maximum Gasteiger partial charge on any atom is 0.264 e. The van der Waals surface area contributed by atoms with Crippen molar-refractivity contribution in [2.24, 2.45) is 0 Å². The van der Waals surface area contributed by atoms with Crippen LogP contribution in [-0.4, -0.2) is 43.8 Å². The summed E-state index contributed by atoms with van der Waals surface area (Å²) in [5.41, 5.74) is 3.11. The van der Waals surface area contributed by atoms with E-state index in [9.17, 15) is 18.0 Å². The molecule has 0 fully saturated rings. The molecule has 4 aromatic carbocycles. The molecule has 0 aliphatic carbocycles. The van der Waals surface area contributed by atoms with Crippen LogP contribution in [0.5, 0.6) is 0 Å². The van der Waals surface area contributed by atoms with Gasteiger partial charge in [-0.1, -0.05) is 109 Å². The highest BCUT2D eigenvalue weighted by molar-refractivity contribution is 9.10. The van der Waals surface area contributed by atoms with Gasteiger partial charge in [0.2, 0.25) is 11.8 Å². The molecule has 1 N–H and O–H groups in total. The number of carbonyl (C=O) groups excluding carboxylic acids is 2. The van der Waals surface area contributed by atoms with Crippen LogP contribution in [0.25, 0.3) is 0 Å². The van der Waals surface area contributed by atoms with Gasteiger partial charge in [-0.05, 0) is 72.4 Å². The molecule has 4 aromatic rings. The normalized spacial score (nSPS) is 12.7. The molecule has 0 unspecified atom stereocenters. The van der Waals surface area contributed by atoms with E-state index in [4.69, 9.17) is 0 Å². The Morgan fingerprint density at radius 3 is 2.00 bits per heavy atom. The highest BCUT2D eigenvalue weighted by atomic mass is 79.9. The summed E-state index contributed by atoms with van der Waals surface area (Å²) in [4.78, 5) is 30.1. The fraction of sp³-hybridized carbons (Fsp3) is 0.297. The third-order valence-electron chi connectivity index (χ3n) is 7.97. The van der Waals surface area contributed by atoms with Gasteiger partial charge in [0, 0.05) is 23.5 Å². The summed E-state index contributed by atoms with van der Waals surface area (Å²) >= 11 is 3.52.